The molecular formula is C11H14N6O2S. The fourth-order valence-corrected chi connectivity index (χ4v) is 2.34. The Morgan fingerprint density at radius 2 is 2.30 bits per heavy atom. The summed E-state index contributed by atoms with van der Waals surface area (Å²) in [4.78, 5) is 34.1. The monoisotopic (exact) mass is 294 g/mol. The highest BCUT2D eigenvalue weighted by Gasteiger charge is 2.09. The van der Waals surface area contributed by atoms with E-state index in [2.05, 4.69) is 30.5 Å². The van der Waals surface area contributed by atoms with Crippen molar-refractivity contribution in [3.05, 3.63) is 27.9 Å². The van der Waals surface area contributed by atoms with Gasteiger partial charge in [0.15, 0.2) is 5.16 Å². The molecule has 2 aromatic heterocycles. The Morgan fingerprint density at radius 3 is 2.90 bits per heavy atom. The van der Waals surface area contributed by atoms with E-state index in [0.29, 0.717) is 22.8 Å². The Kier molecular flexibility index (Phi) is 4.51. The predicted octanol–water partition coefficient (Wildman–Crippen LogP) is 0.490. The molecule has 0 atom stereocenters. The zero-order valence-electron chi connectivity index (χ0n) is 11.1. The molecule has 106 valence electrons. The maximum absolute atomic E-state index is 11.8. The molecule has 0 fully saturated rings. The molecule has 0 aliphatic rings. The van der Waals surface area contributed by atoms with Gasteiger partial charge in [-0.15, -0.1) is 0 Å². The molecule has 2 aromatic rings. The molecule has 0 spiro atoms. The van der Waals surface area contributed by atoms with Gasteiger partial charge in [-0.05, 0) is 13.3 Å². The predicted molar refractivity (Wildman–Crippen MR) is 74.7 cm³/mol. The summed E-state index contributed by atoms with van der Waals surface area (Å²) >= 11 is 1.16. The third-order valence-electron chi connectivity index (χ3n) is 2.57. The first-order valence-corrected chi connectivity index (χ1v) is 6.96. The van der Waals surface area contributed by atoms with Crippen LogP contribution in [0.5, 0.6) is 0 Å². The van der Waals surface area contributed by atoms with Crippen molar-refractivity contribution in [2.45, 2.75) is 25.4 Å². The Bertz CT molecular complexity index is 651. The number of carbonyl (C=O) groups excluding carboxylic acids is 1. The first kappa shape index (κ1) is 14.3. The van der Waals surface area contributed by atoms with Gasteiger partial charge in [0.1, 0.15) is 6.33 Å². The molecule has 0 aliphatic carbocycles. The molecule has 0 bridgehead atoms. The van der Waals surface area contributed by atoms with Crippen LogP contribution in [0.2, 0.25) is 0 Å². The minimum atomic E-state index is -0.258. The molecule has 0 aliphatic heterocycles. The number of anilines is 1. The Hall–Kier alpha value is -2.16. The number of amides is 1. The van der Waals surface area contributed by atoms with Crippen LogP contribution >= 0.6 is 11.8 Å². The van der Waals surface area contributed by atoms with Crippen molar-refractivity contribution in [3.8, 4) is 0 Å². The molecule has 0 saturated heterocycles. The van der Waals surface area contributed by atoms with Crippen molar-refractivity contribution in [3.63, 3.8) is 0 Å². The van der Waals surface area contributed by atoms with E-state index in [-0.39, 0.29) is 23.2 Å². The van der Waals surface area contributed by atoms with Gasteiger partial charge in [-0.1, -0.05) is 18.7 Å². The van der Waals surface area contributed by atoms with Crippen LogP contribution in [-0.4, -0.2) is 36.8 Å². The lowest BCUT2D eigenvalue weighted by molar-refractivity contribution is -0.113. The average molecular weight is 294 g/mol. The normalized spacial score (nSPS) is 10.5. The molecule has 8 nitrogen and oxygen atoms in total. The number of aromatic amines is 2. The summed E-state index contributed by atoms with van der Waals surface area (Å²) in [7, 11) is 0. The van der Waals surface area contributed by atoms with E-state index < -0.39 is 0 Å². The molecule has 0 saturated carbocycles. The van der Waals surface area contributed by atoms with Crippen LogP contribution in [0.3, 0.4) is 0 Å². The largest absolute Gasteiger partial charge is 0.301 e. The molecule has 20 heavy (non-hydrogen) atoms. The minimum absolute atomic E-state index is 0.120. The lowest BCUT2D eigenvalue weighted by Crippen LogP contribution is -2.18. The van der Waals surface area contributed by atoms with Gasteiger partial charge in [-0.3, -0.25) is 14.9 Å². The van der Waals surface area contributed by atoms with Crippen LogP contribution in [0.25, 0.3) is 0 Å². The summed E-state index contributed by atoms with van der Waals surface area (Å²) in [6, 6.07) is 0. The number of aryl methyl sites for hydroxylation is 1. The lowest BCUT2D eigenvalue weighted by atomic mass is 10.2. The van der Waals surface area contributed by atoms with E-state index in [4.69, 9.17) is 0 Å². The number of rotatable bonds is 5. The van der Waals surface area contributed by atoms with Gasteiger partial charge < -0.3 is 4.98 Å². The van der Waals surface area contributed by atoms with E-state index in [1.807, 2.05) is 6.92 Å². The molecule has 9 heteroatoms. The number of nitrogens with zero attached hydrogens (tertiary/aromatic N) is 3. The second-order valence-corrected chi connectivity index (χ2v) is 4.92. The van der Waals surface area contributed by atoms with Crippen molar-refractivity contribution >= 4 is 23.6 Å². The number of carbonyl (C=O) groups is 1. The number of hydrogen-bond acceptors (Lipinski definition) is 6. The van der Waals surface area contributed by atoms with Crippen molar-refractivity contribution in [1.29, 1.82) is 0 Å². The topological polar surface area (TPSA) is 116 Å². The van der Waals surface area contributed by atoms with Gasteiger partial charge in [0.05, 0.1) is 5.75 Å². The van der Waals surface area contributed by atoms with Crippen LogP contribution < -0.4 is 10.9 Å². The third kappa shape index (κ3) is 3.44. The van der Waals surface area contributed by atoms with Gasteiger partial charge in [0, 0.05) is 11.3 Å². The molecule has 0 aromatic carbocycles. The van der Waals surface area contributed by atoms with Crippen molar-refractivity contribution in [1.82, 2.24) is 25.1 Å². The van der Waals surface area contributed by atoms with Crippen LogP contribution in [0.4, 0.5) is 5.95 Å². The van der Waals surface area contributed by atoms with Gasteiger partial charge in [0.25, 0.3) is 5.56 Å². The third-order valence-corrected chi connectivity index (χ3v) is 3.44. The molecule has 2 heterocycles. The lowest BCUT2D eigenvalue weighted by Gasteiger charge is -2.05. The Labute approximate surface area is 118 Å². The summed E-state index contributed by atoms with van der Waals surface area (Å²) in [6.07, 6.45) is 1.93. The SMILES string of the molecule is CCc1c(C)nc(SCC(=O)Nc2ncn[nH]2)[nH]c1=O. The highest BCUT2D eigenvalue weighted by atomic mass is 32.2. The molecule has 0 unspecified atom stereocenters. The molecular weight excluding hydrogens is 280 g/mol. The first-order chi connectivity index (χ1) is 9.60. The molecule has 1 amide bonds. The van der Waals surface area contributed by atoms with Crippen LogP contribution in [0, 0.1) is 6.92 Å². The van der Waals surface area contributed by atoms with E-state index in [9.17, 15) is 9.59 Å². The highest BCUT2D eigenvalue weighted by Crippen LogP contribution is 2.13. The fraction of sp³-hybridized carbons (Fsp3) is 0.364. The number of thioether (sulfide) groups is 1. The molecule has 3 N–H and O–H groups in total. The quantitative estimate of drug-likeness (QED) is 0.546. The average Bonchev–Trinajstić information content (AvgIpc) is 2.89. The summed E-state index contributed by atoms with van der Waals surface area (Å²) < 4.78 is 0. The number of aromatic nitrogens is 5. The van der Waals surface area contributed by atoms with E-state index >= 15 is 0 Å². The Morgan fingerprint density at radius 1 is 1.50 bits per heavy atom. The standard InChI is InChI=1S/C11H14N6O2S/c1-3-7-6(2)14-11(16-9(7)19)20-4-8(18)15-10-12-5-13-17-10/h5H,3-4H2,1-2H3,(H,14,16,19)(H2,12,13,15,17,18). The second-order valence-electron chi connectivity index (χ2n) is 3.96. The number of H-pyrrole nitrogens is 2. The summed E-state index contributed by atoms with van der Waals surface area (Å²) in [5.74, 6) is 0.148. The van der Waals surface area contributed by atoms with E-state index in [0.717, 1.165) is 11.8 Å². The molecule has 0 radical (unpaired) electrons. The van der Waals surface area contributed by atoms with Gasteiger partial charge in [-0.25, -0.2) is 10.1 Å². The summed E-state index contributed by atoms with van der Waals surface area (Å²) in [5.41, 5.74) is 1.20. The maximum atomic E-state index is 11.8. The zero-order chi connectivity index (χ0) is 14.5. The first-order valence-electron chi connectivity index (χ1n) is 5.98. The summed E-state index contributed by atoms with van der Waals surface area (Å²) in [6.45, 7) is 3.68. The van der Waals surface area contributed by atoms with E-state index in [1.54, 1.807) is 6.92 Å². The summed E-state index contributed by atoms with van der Waals surface area (Å²) in [5, 5.41) is 9.11. The maximum Gasteiger partial charge on any atom is 0.254 e. The van der Waals surface area contributed by atoms with Gasteiger partial charge >= 0.3 is 0 Å². The zero-order valence-corrected chi connectivity index (χ0v) is 11.9. The second kappa shape index (κ2) is 6.33. The number of hydrogen-bond donors (Lipinski definition) is 3. The van der Waals surface area contributed by atoms with Crippen molar-refractivity contribution in [2.24, 2.45) is 0 Å². The van der Waals surface area contributed by atoms with Crippen LogP contribution in [-0.2, 0) is 11.2 Å². The van der Waals surface area contributed by atoms with Crippen LogP contribution in [0.15, 0.2) is 16.3 Å². The smallest absolute Gasteiger partial charge is 0.254 e. The fourth-order valence-electron chi connectivity index (χ4n) is 1.64. The highest BCUT2D eigenvalue weighted by molar-refractivity contribution is 7.99. The molecule has 2 rings (SSSR count). The number of nitrogens with one attached hydrogen (secondary N) is 3. The Balaban J connectivity index is 1.97. The van der Waals surface area contributed by atoms with Crippen molar-refractivity contribution in [2.75, 3.05) is 11.1 Å². The van der Waals surface area contributed by atoms with Crippen molar-refractivity contribution < 1.29 is 4.79 Å². The van der Waals surface area contributed by atoms with Gasteiger partial charge in [0.2, 0.25) is 11.9 Å². The van der Waals surface area contributed by atoms with Crippen LogP contribution in [0.1, 0.15) is 18.2 Å². The van der Waals surface area contributed by atoms with Gasteiger partial charge in [-0.2, -0.15) is 10.1 Å². The minimum Gasteiger partial charge on any atom is -0.301 e. The van der Waals surface area contributed by atoms with E-state index in [1.165, 1.54) is 6.33 Å².